The van der Waals surface area contributed by atoms with Gasteiger partial charge in [0.1, 0.15) is 11.3 Å². The number of para-hydroxylation sites is 1. The van der Waals surface area contributed by atoms with Crippen molar-refractivity contribution in [2.75, 3.05) is 12.0 Å². The number of nitrogen functional groups attached to an aromatic ring is 1. The number of fused-ring (bicyclic) bond motifs is 2. The van der Waals surface area contributed by atoms with Crippen LogP contribution in [0.15, 0.2) is 18.2 Å². The number of nitrogens with zero attached hydrogens (tertiary/aromatic N) is 1. The second-order valence-electron chi connectivity index (χ2n) is 3.99. The van der Waals surface area contributed by atoms with Crippen molar-refractivity contribution >= 4 is 16.6 Å². The number of benzene rings is 1. The number of rotatable bonds is 1. The second-order valence-corrected chi connectivity index (χ2v) is 3.99. The van der Waals surface area contributed by atoms with E-state index in [9.17, 15) is 4.39 Å². The number of nitrogens with two attached hydrogens (primary N) is 1. The molecule has 1 aromatic heterocycles. The van der Waals surface area contributed by atoms with Crippen LogP contribution in [0.5, 0.6) is 0 Å². The van der Waals surface area contributed by atoms with Crippen LogP contribution in [-0.4, -0.2) is 11.6 Å². The van der Waals surface area contributed by atoms with Crippen LogP contribution in [-0.2, 0) is 17.8 Å². The van der Waals surface area contributed by atoms with E-state index < -0.39 is 0 Å². The van der Waals surface area contributed by atoms with Crippen molar-refractivity contribution in [2.24, 2.45) is 5.84 Å². The zero-order chi connectivity index (χ0) is 11.8. The molecule has 0 bridgehead atoms. The maximum absolute atomic E-state index is 13.7. The van der Waals surface area contributed by atoms with Crippen molar-refractivity contribution in [3.05, 3.63) is 35.3 Å². The summed E-state index contributed by atoms with van der Waals surface area (Å²) >= 11 is 0. The highest BCUT2D eigenvalue weighted by Gasteiger charge is 2.19. The van der Waals surface area contributed by atoms with Gasteiger partial charge in [-0.2, -0.15) is 0 Å². The summed E-state index contributed by atoms with van der Waals surface area (Å²) in [4.78, 5) is 4.37. The second kappa shape index (κ2) is 3.94. The molecule has 0 amide bonds. The van der Waals surface area contributed by atoms with E-state index in [1.807, 2.05) is 0 Å². The summed E-state index contributed by atoms with van der Waals surface area (Å²) in [6.07, 6.45) is 0.689. The average molecular weight is 233 g/mol. The van der Waals surface area contributed by atoms with Crippen LogP contribution in [0.2, 0.25) is 0 Å². The number of hydrogen-bond donors (Lipinski definition) is 2. The molecular weight excluding hydrogens is 221 g/mol. The summed E-state index contributed by atoms with van der Waals surface area (Å²) in [5.74, 6) is 5.21. The Morgan fingerprint density at radius 2 is 2.29 bits per heavy atom. The number of pyridine rings is 1. The molecule has 0 unspecified atom stereocenters. The van der Waals surface area contributed by atoms with Crippen molar-refractivity contribution in [1.82, 2.24) is 4.98 Å². The van der Waals surface area contributed by atoms with E-state index in [1.54, 1.807) is 12.1 Å². The summed E-state index contributed by atoms with van der Waals surface area (Å²) in [5, 5.41) is 0.691. The van der Waals surface area contributed by atoms with Gasteiger partial charge in [-0.05, 0) is 6.07 Å². The highest BCUT2D eigenvalue weighted by atomic mass is 19.1. The van der Waals surface area contributed by atoms with Gasteiger partial charge in [0.2, 0.25) is 0 Å². The van der Waals surface area contributed by atoms with Crippen LogP contribution in [0.1, 0.15) is 11.3 Å². The lowest BCUT2D eigenvalue weighted by Crippen LogP contribution is -2.18. The minimum absolute atomic E-state index is 0.326. The standard InChI is InChI=1S/C12H12FN3O/c13-9-3-1-2-7-11(16-14)8-6-17-5-4-10(8)15-12(7)9/h1-3H,4-6,14H2,(H,15,16). The predicted octanol–water partition coefficient (Wildman–Crippen LogP) is 1.73. The van der Waals surface area contributed by atoms with Gasteiger partial charge in [-0.25, -0.2) is 9.37 Å². The first-order valence-corrected chi connectivity index (χ1v) is 5.45. The Balaban J connectivity index is 2.39. The van der Waals surface area contributed by atoms with Gasteiger partial charge < -0.3 is 10.2 Å². The Morgan fingerprint density at radius 3 is 3.12 bits per heavy atom. The maximum atomic E-state index is 13.7. The molecule has 1 aromatic carbocycles. The van der Waals surface area contributed by atoms with Gasteiger partial charge in [0.05, 0.1) is 24.6 Å². The van der Waals surface area contributed by atoms with Crippen molar-refractivity contribution < 1.29 is 9.13 Å². The molecular formula is C12H12FN3O. The Labute approximate surface area is 97.6 Å². The molecule has 3 rings (SSSR count). The molecule has 0 saturated heterocycles. The molecule has 0 saturated carbocycles. The molecule has 2 aromatic rings. The molecule has 0 aliphatic carbocycles. The molecule has 1 aliphatic heterocycles. The minimum Gasteiger partial charge on any atom is -0.376 e. The van der Waals surface area contributed by atoms with Gasteiger partial charge in [-0.15, -0.1) is 0 Å². The molecule has 4 nitrogen and oxygen atoms in total. The van der Waals surface area contributed by atoms with Crippen LogP contribution < -0.4 is 11.3 Å². The summed E-state index contributed by atoms with van der Waals surface area (Å²) in [6, 6.07) is 4.85. The van der Waals surface area contributed by atoms with E-state index in [2.05, 4.69) is 10.4 Å². The summed E-state index contributed by atoms with van der Waals surface area (Å²) in [7, 11) is 0. The molecule has 0 atom stereocenters. The Kier molecular flexibility index (Phi) is 2.42. The lowest BCUT2D eigenvalue weighted by molar-refractivity contribution is 0.110. The first kappa shape index (κ1) is 10.4. The molecule has 17 heavy (non-hydrogen) atoms. The summed E-state index contributed by atoms with van der Waals surface area (Å²) in [6.45, 7) is 1.08. The molecule has 5 heteroatoms. The first-order chi connectivity index (χ1) is 8.31. The van der Waals surface area contributed by atoms with E-state index >= 15 is 0 Å². The van der Waals surface area contributed by atoms with Crippen LogP contribution >= 0.6 is 0 Å². The monoisotopic (exact) mass is 233 g/mol. The smallest absolute Gasteiger partial charge is 0.149 e. The fourth-order valence-electron chi connectivity index (χ4n) is 2.21. The number of hydrogen-bond acceptors (Lipinski definition) is 4. The fraction of sp³-hybridized carbons (Fsp3) is 0.250. The van der Waals surface area contributed by atoms with Gasteiger partial charge in [-0.3, -0.25) is 5.84 Å². The number of ether oxygens (including phenoxy) is 1. The van der Waals surface area contributed by atoms with Gasteiger partial charge >= 0.3 is 0 Å². The van der Waals surface area contributed by atoms with Gasteiger partial charge in [0.25, 0.3) is 0 Å². The van der Waals surface area contributed by atoms with E-state index in [1.165, 1.54) is 6.07 Å². The highest BCUT2D eigenvalue weighted by molar-refractivity contribution is 5.93. The highest BCUT2D eigenvalue weighted by Crippen LogP contribution is 2.31. The van der Waals surface area contributed by atoms with E-state index in [0.717, 1.165) is 11.3 Å². The first-order valence-electron chi connectivity index (χ1n) is 5.45. The number of hydrazine groups is 1. The van der Waals surface area contributed by atoms with Crippen LogP contribution in [0.3, 0.4) is 0 Å². The third-order valence-corrected chi connectivity index (χ3v) is 3.03. The molecule has 0 spiro atoms. The van der Waals surface area contributed by atoms with Crippen molar-refractivity contribution in [2.45, 2.75) is 13.0 Å². The number of nitrogens with one attached hydrogen (secondary N) is 1. The number of aromatic nitrogens is 1. The van der Waals surface area contributed by atoms with Gasteiger partial charge in [-0.1, -0.05) is 12.1 Å². The predicted molar refractivity (Wildman–Crippen MR) is 62.9 cm³/mol. The summed E-state index contributed by atoms with van der Waals surface area (Å²) in [5.41, 5.74) is 5.50. The van der Waals surface area contributed by atoms with Crippen molar-refractivity contribution in [3.63, 3.8) is 0 Å². The van der Waals surface area contributed by atoms with E-state index in [-0.39, 0.29) is 5.82 Å². The van der Waals surface area contributed by atoms with Crippen LogP contribution in [0.4, 0.5) is 10.1 Å². The molecule has 0 radical (unpaired) electrons. The normalized spacial score (nSPS) is 14.7. The third kappa shape index (κ3) is 1.55. The lowest BCUT2D eigenvalue weighted by atomic mass is 10.0. The third-order valence-electron chi connectivity index (χ3n) is 3.03. The van der Waals surface area contributed by atoms with Crippen molar-refractivity contribution in [1.29, 1.82) is 0 Å². The van der Waals surface area contributed by atoms with E-state index in [0.29, 0.717) is 36.2 Å². The molecule has 88 valence electrons. The molecule has 3 N–H and O–H groups in total. The largest absolute Gasteiger partial charge is 0.376 e. The average Bonchev–Trinajstić information content (AvgIpc) is 2.37. The number of anilines is 1. The summed E-state index contributed by atoms with van der Waals surface area (Å²) < 4.78 is 19.1. The number of halogens is 1. The molecule has 1 aliphatic rings. The zero-order valence-corrected chi connectivity index (χ0v) is 9.16. The minimum atomic E-state index is -0.326. The van der Waals surface area contributed by atoms with Crippen LogP contribution in [0.25, 0.3) is 10.9 Å². The molecule has 2 heterocycles. The van der Waals surface area contributed by atoms with Gasteiger partial charge in [0, 0.05) is 17.4 Å². The zero-order valence-electron chi connectivity index (χ0n) is 9.16. The fourth-order valence-corrected chi connectivity index (χ4v) is 2.21. The van der Waals surface area contributed by atoms with Crippen LogP contribution in [0, 0.1) is 5.82 Å². The Hall–Kier alpha value is -1.72. The SMILES string of the molecule is NNc1c2c(nc3c(F)cccc13)CCOC2. The van der Waals surface area contributed by atoms with Crippen molar-refractivity contribution in [3.8, 4) is 0 Å². The molecule has 0 fully saturated rings. The quantitative estimate of drug-likeness (QED) is 0.581. The maximum Gasteiger partial charge on any atom is 0.149 e. The van der Waals surface area contributed by atoms with Gasteiger partial charge in [0.15, 0.2) is 0 Å². The van der Waals surface area contributed by atoms with E-state index in [4.69, 9.17) is 10.6 Å². The topological polar surface area (TPSA) is 60.2 Å². The Bertz CT molecular complexity index is 585. The Morgan fingerprint density at radius 1 is 1.41 bits per heavy atom. The lowest BCUT2D eigenvalue weighted by Gasteiger charge is -2.20.